The van der Waals surface area contributed by atoms with Crippen LogP contribution in [0.1, 0.15) is 23.2 Å². The molecule has 2 aliphatic rings. The van der Waals surface area contributed by atoms with Gasteiger partial charge in [0.05, 0.1) is 11.7 Å². The van der Waals surface area contributed by atoms with Crippen LogP contribution in [0.2, 0.25) is 0 Å². The summed E-state index contributed by atoms with van der Waals surface area (Å²) in [5.41, 5.74) is 0.619. The number of nitrogens with one attached hydrogen (secondary N) is 1. The molecule has 19 heavy (non-hydrogen) atoms. The summed E-state index contributed by atoms with van der Waals surface area (Å²) in [6.45, 7) is 1.45. The second-order valence-electron chi connectivity index (χ2n) is 5.46. The lowest BCUT2D eigenvalue weighted by Gasteiger charge is -2.18. The van der Waals surface area contributed by atoms with Crippen molar-refractivity contribution in [1.82, 2.24) is 9.88 Å². The number of anilines is 1. The van der Waals surface area contributed by atoms with E-state index in [2.05, 4.69) is 10.3 Å². The van der Waals surface area contributed by atoms with E-state index in [1.165, 1.54) is 0 Å². The highest BCUT2D eigenvalue weighted by atomic mass is 16.3. The van der Waals surface area contributed by atoms with E-state index in [1.54, 1.807) is 25.4 Å². The fourth-order valence-corrected chi connectivity index (χ4v) is 3.25. The van der Waals surface area contributed by atoms with Crippen LogP contribution in [0.5, 0.6) is 0 Å². The van der Waals surface area contributed by atoms with Crippen molar-refractivity contribution in [3.05, 3.63) is 23.9 Å². The summed E-state index contributed by atoms with van der Waals surface area (Å²) in [5.74, 6) is 1.53. The van der Waals surface area contributed by atoms with Crippen LogP contribution in [0, 0.1) is 11.8 Å². The van der Waals surface area contributed by atoms with Crippen molar-refractivity contribution in [2.24, 2.45) is 11.8 Å². The molecule has 0 spiro atoms. The van der Waals surface area contributed by atoms with Crippen molar-refractivity contribution in [2.75, 3.05) is 25.5 Å². The predicted molar refractivity (Wildman–Crippen MR) is 71.9 cm³/mol. The topological polar surface area (TPSA) is 65.5 Å². The van der Waals surface area contributed by atoms with E-state index in [9.17, 15) is 9.90 Å². The molecule has 3 unspecified atom stereocenters. The Morgan fingerprint density at radius 3 is 2.89 bits per heavy atom. The summed E-state index contributed by atoms with van der Waals surface area (Å²) in [4.78, 5) is 18.4. The molecule has 5 heteroatoms. The van der Waals surface area contributed by atoms with Gasteiger partial charge in [0.25, 0.3) is 5.91 Å². The van der Waals surface area contributed by atoms with Gasteiger partial charge in [0.1, 0.15) is 5.82 Å². The number of pyridine rings is 1. The average Bonchev–Trinajstić information content (AvgIpc) is 3.01. The number of carbonyl (C=O) groups is 1. The molecule has 1 aliphatic heterocycles. The fraction of sp³-hybridized carbons (Fsp3) is 0.571. The maximum absolute atomic E-state index is 12.4. The number of fused-ring (bicyclic) bond motifs is 1. The van der Waals surface area contributed by atoms with Gasteiger partial charge in [-0.25, -0.2) is 4.98 Å². The molecule has 3 atom stereocenters. The quantitative estimate of drug-likeness (QED) is 0.832. The Bertz CT molecular complexity index is 474. The Labute approximate surface area is 112 Å². The smallest absolute Gasteiger partial charge is 0.255 e. The Kier molecular flexibility index (Phi) is 3.14. The van der Waals surface area contributed by atoms with Crippen LogP contribution in [-0.2, 0) is 0 Å². The van der Waals surface area contributed by atoms with Crippen LogP contribution in [-0.4, -0.2) is 47.1 Å². The average molecular weight is 261 g/mol. The summed E-state index contributed by atoms with van der Waals surface area (Å²) >= 11 is 0. The molecule has 1 amide bonds. The molecule has 1 aromatic heterocycles. The minimum absolute atomic E-state index is 0.0248. The first-order chi connectivity index (χ1) is 9.19. The number of aromatic nitrogens is 1. The molecule has 0 radical (unpaired) electrons. The van der Waals surface area contributed by atoms with Crippen molar-refractivity contribution in [3.8, 4) is 0 Å². The highest BCUT2D eigenvalue weighted by Gasteiger charge is 2.43. The molecule has 2 fully saturated rings. The molecule has 2 N–H and O–H groups in total. The molecule has 0 aromatic carbocycles. The van der Waals surface area contributed by atoms with Crippen LogP contribution in [0.25, 0.3) is 0 Å². The van der Waals surface area contributed by atoms with Crippen LogP contribution in [0.15, 0.2) is 18.3 Å². The minimum Gasteiger partial charge on any atom is -0.393 e. The number of hydrogen-bond acceptors (Lipinski definition) is 4. The summed E-state index contributed by atoms with van der Waals surface area (Å²) in [6.07, 6.45) is 3.30. The first kappa shape index (κ1) is 12.4. The zero-order chi connectivity index (χ0) is 13.4. The number of aliphatic hydroxyl groups is 1. The SMILES string of the molecule is CNc1ccc(C(=O)N2CC3CCC(O)C3C2)cn1. The van der Waals surface area contributed by atoms with E-state index < -0.39 is 0 Å². The molecule has 2 heterocycles. The van der Waals surface area contributed by atoms with E-state index in [0.29, 0.717) is 18.0 Å². The van der Waals surface area contributed by atoms with Gasteiger partial charge in [-0.2, -0.15) is 0 Å². The largest absolute Gasteiger partial charge is 0.393 e. The standard InChI is InChI=1S/C14H19N3O2/c1-15-13-5-3-9(6-16-13)14(19)17-7-10-2-4-12(18)11(10)8-17/h3,5-6,10-12,18H,2,4,7-8H2,1H3,(H,15,16). The maximum atomic E-state index is 12.4. The zero-order valence-corrected chi connectivity index (χ0v) is 11.0. The first-order valence-electron chi connectivity index (χ1n) is 6.80. The normalized spacial score (nSPS) is 29.4. The number of amides is 1. The van der Waals surface area contributed by atoms with Crippen molar-refractivity contribution < 1.29 is 9.90 Å². The summed E-state index contributed by atoms with van der Waals surface area (Å²) in [5, 5.41) is 12.8. The Morgan fingerprint density at radius 2 is 2.26 bits per heavy atom. The van der Waals surface area contributed by atoms with Gasteiger partial charge in [-0.05, 0) is 30.9 Å². The van der Waals surface area contributed by atoms with Crippen LogP contribution in [0.4, 0.5) is 5.82 Å². The number of nitrogens with zero attached hydrogens (tertiary/aromatic N) is 2. The maximum Gasteiger partial charge on any atom is 0.255 e. The minimum atomic E-state index is -0.229. The van der Waals surface area contributed by atoms with E-state index in [4.69, 9.17) is 0 Å². The van der Waals surface area contributed by atoms with Gasteiger partial charge >= 0.3 is 0 Å². The van der Waals surface area contributed by atoms with Gasteiger partial charge < -0.3 is 15.3 Å². The van der Waals surface area contributed by atoms with Crippen molar-refractivity contribution in [1.29, 1.82) is 0 Å². The second-order valence-corrected chi connectivity index (χ2v) is 5.46. The number of aliphatic hydroxyl groups excluding tert-OH is 1. The van der Waals surface area contributed by atoms with Gasteiger partial charge in [-0.1, -0.05) is 0 Å². The second kappa shape index (κ2) is 4.81. The fourth-order valence-electron chi connectivity index (χ4n) is 3.25. The number of carbonyl (C=O) groups excluding carboxylic acids is 1. The van der Waals surface area contributed by atoms with Crippen molar-refractivity contribution in [2.45, 2.75) is 18.9 Å². The van der Waals surface area contributed by atoms with Gasteiger partial charge in [0.2, 0.25) is 0 Å². The molecule has 5 nitrogen and oxygen atoms in total. The summed E-state index contributed by atoms with van der Waals surface area (Å²) in [7, 11) is 1.80. The third kappa shape index (κ3) is 2.18. The molecule has 1 saturated carbocycles. The molecule has 1 aromatic rings. The van der Waals surface area contributed by atoms with Crippen LogP contribution >= 0.6 is 0 Å². The third-order valence-corrected chi connectivity index (χ3v) is 4.37. The highest BCUT2D eigenvalue weighted by Crippen LogP contribution is 2.38. The van der Waals surface area contributed by atoms with Crippen molar-refractivity contribution >= 4 is 11.7 Å². The van der Waals surface area contributed by atoms with E-state index in [-0.39, 0.29) is 17.9 Å². The predicted octanol–water partition coefficient (Wildman–Crippen LogP) is 0.966. The summed E-state index contributed by atoms with van der Waals surface area (Å²) in [6, 6.07) is 3.60. The third-order valence-electron chi connectivity index (χ3n) is 4.37. The number of rotatable bonds is 2. The molecule has 1 saturated heterocycles. The van der Waals surface area contributed by atoms with Gasteiger partial charge in [-0.3, -0.25) is 4.79 Å². The molecular weight excluding hydrogens is 242 g/mol. The van der Waals surface area contributed by atoms with Gasteiger partial charge in [0, 0.05) is 32.3 Å². The molecule has 102 valence electrons. The molecule has 1 aliphatic carbocycles. The Hall–Kier alpha value is -1.62. The van der Waals surface area contributed by atoms with Gasteiger partial charge in [0.15, 0.2) is 0 Å². The summed E-state index contributed by atoms with van der Waals surface area (Å²) < 4.78 is 0. The first-order valence-corrected chi connectivity index (χ1v) is 6.80. The van der Waals surface area contributed by atoms with Gasteiger partial charge in [-0.15, -0.1) is 0 Å². The lowest BCUT2D eigenvalue weighted by Crippen LogP contribution is -2.31. The molecule has 3 rings (SSSR count). The highest BCUT2D eigenvalue weighted by molar-refractivity contribution is 5.94. The van der Waals surface area contributed by atoms with E-state index in [0.717, 1.165) is 25.2 Å². The van der Waals surface area contributed by atoms with Crippen molar-refractivity contribution in [3.63, 3.8) is 0 Å². The van der Waals surface area contributed by atoms with Crippen LogP contribution < -0.4 is 5.32 Å². The zero-order valence-electron chi connectivity index (χ0n) is 11.0. The Balaban J connectivity index is 1.71. The molecule has 0 bridgehead atoms. The van der Waals surface area contributed by atoms with E-state index in [1.807, 2.05) is 4.90 Å². The molecular formula is C14H19N3O2. The van der Waals surface area contributed by atoms with Crippen LogP contribution in [0.3, 0.4) is 0 Å². The lowest BCUT2D eigenvalue weighted by molar-refractivity contribution is 0.0752. The number of likely N-dealkylation sites (tertiary alicyclic amines) is 1. The monoisotopic (exact) mass is 261 g/mol. The Morgan fingerprint density at radius 1 is 1.42 bits per heavy atom. The van der Waals surface area contributed by atoms with E-state index >= 15 is 0 Å². The number of hydrogen-bond donors (Lipinski definition) is 2. The lowest BCUT2D eigenvalue weighted by atomic mass is 10.00.